The van der Waals surface area contributed by atoms with Gasteiger partial charge in [0.2, 0.25) is 5.16 Å². The van der Waals surface area contributed by atoms with Crippen molar-refractivity contribution in [2.75, 3.05) is 14.2 Å². The fourth-order valence-corrected chi connectivity index (χ4v) is 3.81. The van der Waals surface area contributed by atoms with Crippen molar-refractivity contribution in [2.24, 2.45) is 0 Å². The van der Waals surface area contributed by atoms with Gasteiger partial charge in [-0.05, 0) is 46.3 Å². The summed E-state index contributed by atoms with van der Waals surface area (Å²) in [6.07, 6.45) is 1.64. The summed E-state index contributed by atoms with van der Waals surface area (Å²) in [5.74, 6) is 0.658. The van der Waals surface area contributed by atoms with E-state index in [1.54, 1.807) is 38.5 Å². The van der Waals surface area contributed by atoms with Gasteiger partial charge < -0.3 is 14.6 Å². The topological polar surface area (TPSA) is 97.3 Å². The summed E-state index contributed by atoms with van der Waals surface area (Å²) in [4.78, 5) is 16.5. The van der Waals surface area contributed by atoms with E-state index in [2.05, 4.69) is 15.2 Å². The second-order valence-electron chi connectivity index (χ2n) is 6.55. The molecule has 1 aromatic heterocycles. The molecule has 3 aromatic carbocycles. The molecule has 0 fully saturated rings. The van der Waals surface area contributed by atoms with Gasteiger partial charge in [-0.2, -0.15) is 0 Å². The number of carboxylic acid groups (broad SMARTS) is 1. The Labute approximate surface area is 182 Å². The highest BCUT2D eigenvalue weighted by Crippen LogP contribution is 2.31. The molecule has 0 aliphatic heterocycles. The number of aliphatic carboxylic acids is 1. The molecule has 8 heteroatoms. The van der Waals surface area contributed by atoms with E-state index in [4.69, 9.17) is 9.47 Å². The molecule has 0 saturated carbocycles. The van der Waals surface area contributed by atoms with E-state index in [-0.39, 0.29) is 4.91 Å². The van der Waals surface area contributed by atoms with Gasteiger partial charge >= 0.3 is 5.97 Å². The molecular formula is C23H19N3O4S. The van der Waals surface area contributed by atoms with E-state index in [1.165, 1.54) is 0 Å². The van der Waals surface area contributed by atoms with Crippen LogP contribution in [0.3, 0.4) is 0 Å². The quantitative estimate of drug-likeness (QED) is 0.317. The van der Waals surface area contributed by atoms with E-state index >= 15 is 0 Å². The average molecular weight is 433 g/mol. The predicted octanol–water partition coefficient (Wildman–Crippen LogP) is 4.86. The Balaban J connectivity index is 1.66. The number of aromatic amines is 1. The summed E-state index contributed by atoms with van der Waals surface area (Å²) in [5, 5.41) is 19.1. The van der Waals surface area contributed by atoms with Gasteiger partial charge in [0.25, 0.3) is 0 Å². The van der Waals surface area contributed by atoms with Crippen molar-refractivity contribution in [2.45, 2.75) is 5.16 Å². The molecule has 2 N–H and O–H groups in total. The number of nitrogens with zero attached hydrogens (tertiary/aromatic N) is 2. The Hall–Kier alpha value is -3.78. The van der Waals surface area contributed by atoms with E-state index in [1.807, 2.05) is 42.5 Å². The van der Waals surface area contributed by atoms with Crippen molar-refractivity contribution < 1.29 is 19.4 Å². The van der Waals surface area contributed by atoms with Crippen LogP contribution in [-0.2, 0) is 4.79 Å². The van der Waals surface area contributed by atoms with Gasteiger partial charge in [0, 0.05) is 11.6 Å². The Bertz CT molecular complexity index is 1260. The Morgan fingerprint density at radius 2 is 1.74 bits per heavy atom. The number of hydrogen-bond acceptors (Lipinski definition) is 6. The first-order valence-electron chi connectivity index (χ1n) is 9.34. The third-order valence-electron chi connectivity index (χ3n) is 4.61. The standard InChI is InChI=1S/C23H19N3O4S/c1-29-17-10-16(11-18(13-17)30-2)21-24-23(26-25-21)31-20(22(27)28)12-15-8-5-7-14-6-3-4-9-19(14)15/h3-13H,1-2H3,(H,27,28)(H,24,25,26)/b20-12-. The molecule has 31 heavy (non-hydrogen) atoms. The lowest BCUT2D eigenvalue weighted by atomic mass is 10.0. The summed E-state index contributed by atoms with van der Waals surface area (Å²) in [5.41, 5.74) is 1.53. The summed E-state index contributed by atoms with van der Waals surface area (Å²) in [6.45, 7) is 0. The highest BCUT2D eigenvalue weighted by atomic mass is 32.2. The zero-order valence-electron chi connectivity index (χ0n) is 16.8. The number of hydrogen-bond donors (Lipinski definition) is 2. The first kappa shape index (κ1) is 20.5. The molecule has 0 saturated heterocycles. The smallest absolute Gasteiger partial charge is 0.342 e. The highest BCUT2D eigenvalue weighted by molar-refractivity contribution is 8.04. The second kappa shape index (κ2) is 8.93. The van der Waals surface area contributed by atoms with Crippen molar-refractivity contribution >= 4 is 34.6 Å². The minimum atomic E-state index is -1.05. The molecule has 0 atom stereocenters. The molecular weight excluding hydrogens is 414 g/mol. The third kappa shape index (κ3) is 4.54. The molecule has 0 amide bonds. The number of ether oxygens (including phenoxy) is 2. The van der Waals surface area contributed by atoms with Crippen LogP contribution in [0.25, 0.3) is 28.2 Å². The van der Waals surface area contributed by atoms with Crippen LogP contribution in [0, 0.1) is 0 Å². The second-order valence-corrected chi connectivity index (χ2v) is 7.56. The van der Waals surface area contributed by atoms with E-state index < -0.39 is 5.97 Å². The molecule has 4 aromatic rings. The Morgan fingerprint density at radius 1 is 1.03 bits per heavy atom. The predicted molar refractivity (Wildman–Crippen MR) is 120 cm³/mol. The van der Waals surface area contributed by atoms with Crippen LogP contribution in [0.4, 0.5) is 0 Å². The average Bonchev–Trinajstić information content (AvgIpc) is 3.27. The number of H-pyrrole nitrogens is 1. The first-order valence-corrected chi connectivity index (χ1v) is 10.2. The summed E-state index contributed by atoms with van der Waals surface area (Å²) in [6, 6.07) is 19.0. The molecule has 4 rings (SSSR count). The van der Waals surface area contributed by atoms with Gasteiger partial charge in [-0.3, -0.25) is 5.10 Å². The zero-order valence-corrected chi connectivity index (χ0v) is 17.6. The maximum absolute atomic E-state index is 11.9. The van der Waals surface area contributed by atoms with Crippen LogP contribution in [0.5, 0.6) is 11.5 Å². The fourth-order valence-electron chi connectivity index (χ4n) is 3.12. The maximum atomic E-state index is 11.9. The molecule has 0 unspecified atom stereocenters. The minimum absolute atomic E-state index is 0.116. The van der Waals surface area contributed by atoms with E-state index in [0.717, 1.165) is 28.1 Å². The van der Waals surface area contributed by atoms with Crippen molar-refractivity contribution in [1.82, 2.24) is 15.2 Å². The van der Waals surface area contributed by atoms with Crippen LogP contribution in [0.15, 0.2) is 70.7 Å². The normalized spacial score (nSPS) is 11.5. The number of carboxylic acids is 1. The van der Waals surface area contributed by atoms with Gasteiger partial charge in [0.1, 0.15) is 16.4 Å². The molecule has 156 valence electrons. The molecule has 0 aliphatic carbocycles. The largest absolute Gasteiger partial charge is 0.497 e. The number of aromatic nitrogens is 3. The monoisotopic (exact) mass is 433 g/mol. The molecule has 0 spiro atoms. The summed E-state index contributed by atoms with van der Waals surface area (Å²) in [7, 11) is 3.13. The number of nitrogens with one attached hydrogen (secondary N) is 1. The fraction of sp³-hybridized carbons (Fsp3) is 0.0870. The van der Waals surface area contributed by atoms with Crippen molar-refractivity contribution in [3.8, 4) is 22.9 Å². The minimum Gasteiger partial charge on any atom is -0.497 e. The van der Waals surface area contributed by atoms with Gasteiger partial charge in [0.05, 0.1) is 14.2 Å². The maximum Gasteiger partial charge on any atom is 0.342 e. The summed E-state index contributed by atoms with van der Waals surface area (Å²) < 4.78 is 10.6. The number of methoxy groups -OCH3 is 2. The van der Waals surface area contributed by atoms with Gasteiger partial charge in [-0.25, -0.2) is 9.78 Å². The Kier molecular flexibility index (Phi) is 5.90. The van der Waals surface area contributed by atoms with Crippen LogP contribution >= 0.6 is 11.8 Å². The highest BCUT2D eigenvalue weighted by Gasteiger charge is 2.16. The number of thioether (sulfide) groups is 1. The van der Waals surface area contributed by atoms with Crippen molar-refractivity contribution in [1.29, 1.82) is 0 Å². The molecule has 0 radical (unpaired) electrons. The van der Waals surface area contributed by atoms with Crippen LogP contribution in [0.2, 0.25) is 0 Å². The number of fused-ring (bicyclic) bond motifs is 1. The molecule has 1 heterocycles. The number of rotatable bonds is 7. The van der Waals surface area contributed by atoms with Crippen LogP contribution in [0.1, 0.15) is 5.56 Å². The van der Waals surface area contributed by atoms with Gasteiger partial charge in [-0.1, -0.05) is 42.5 Å². The number of benzene rings is 3. The first-order chi connectivity index (χ1) is 15.1. The summed E-state index contributed by atoms with van der Waals surface area (Å²) >= 11 is 0.981. The van der Waals surface area contributed by atoms with Crippen molar-refractivity contribution in [3.05, 3.63) is 71.1 Å². The molecule has 7 nitrogen and oxygen atoms in total. The zero-order chi connectivity index (χ0) is 21.8. The lowest BCUT2D eigenvalue weighted by molar-refractivity contribution is -0.131. The van der Waals surface area contributed by atoms with Gasteiger partial charge in [0.15, 0.2) is 5.82 Å². The third-order valence-corrected chi connectivity index (χ3v) is 5.49. The number of carbonyl (C=O) groups is 1. The lowest BCUT2D eigenvalue weighted by Crippen LogP contribution is -1.97. The van der Waals surface area contributed by atoms with E-state index in [0.29, 0.717) is 28.0 Å². The molecule has 0 aliphatic rings. The van der Waals surface area contributed by atoms with Crippen LogP contribution in [-0.4, -0.2) is 40.5 Å². The Morgan fingerprint density at radius 3 is 2.45 bits per heavy atom. The van der Waals surface area contributed by atoms with E-state index in [9.17, 15) is 9.90 Å². The SMILES string of the molecule is COc1cc(OC)cc(-c2nc(S/C(=C\c3cccc4ccccc34)C(=O)O)n[nH]2)c1. The molecule has 0 bridgehead atoms. The van der Waals surface area contributed by atoms with Crippen molar-refractivity contribution in [3.63, 3.8) is 0 Å². The lowest BCUT2D eigenvalue weighted by Gasteiger charge is -2.06. The van der Waals surface area contributed by atoms with Gasteiger partial charge in [-0.15, -0.1) is 5.10 Å². The van der Waals surface area contributed by atoms with Crippen LogP contribution < -0.4 is 9.47 Å².